The second kappa shape index (κ2) is 9.60. The van der Waals surface area contributed by atoms with Crippen LogP contribution >= 0.6 is 0 Å². The number of benzene rings is 2. The van der Waals surface area contributed by atoms with Gasteiger partial charge in [-0.2, -0.15) is 5.16 Å². The Kier molecular flexibility index (Phi) is 6.71. The molecule has 1 aromatic heterocycles. The Morgan fingerprint density at radius 2 is 1.83 bits per heavy atom. The van der Waals surface area contributed by atoms with Crippen molar-refractivity contribution in [2.24, 2.45) is 0 Å². The summed E-state index contributed by atoms with van der Waals surface area (Å²) in [5.74, 6) is -2.16. The first-order chi connectivity index (χ1) is 17.0. The predicted molar refractivity (Wildman–Crippen MR) is 125 cm³/mol. The van der Waals surface area contributed by atoms with Crippen molar-refractivity contribution in [2.45, 2.75) is 38.6 Å². The highest BCUT2D eigenvalue weighted by Gasteiger charge is 2.37. The average molecular weight is 500 g/mol. The third-order valence-electron chi connectivity index (χ3n) is 5.95. The minimum absolute atomic E-state index is 0.00713. The fourth-order valence-electron chi connectivity index (χ4n) is 4.38. The van der Waals surface area contributed by atoms with Crippen molar-refractivity contribution in [3.05, 3.63) is 80.8 Å². The number of aromatic nitrogens is 1. The molecule has 2 heterocycles. The first-order valence-electron chi connectivity index (χ1n) is 11.3. The molecule has 2 aromatic carbocycles. The van der Waals surface area contributed by atoms with Gasteiger partial charge in [0.2, 0.25) is 5.76 Å². The number of ketones is 1. The van der Waals surface area contributed by atoms with Gasteiger partial charge in [0.15, 0.2) is 5.78 Å². The minimum atomic E-state index is -1.17. The van der Waals surface area contributed by atoms with Gasteiger partial charge in [-0.15, -0.1) is 0 Å². The number of methoxy groups -OCH3 is 1. The molecule has 3 aromatic rings. The van der Waals surface area contributed by atoms with E-state index in [2.05, 4.69) is 5.16 Å². The monoisotopic (exact) mass is 500 g/mol. The molecule has 0 spiro atoms. The van der Waals surface area contributed by atoms with Crippen LogP contribution < -0.4 is 15.0 Å². The number of rotatable bonds is 5. The lowest BCUT2D eigenvalue weighted by Gasteiger charge is -2.28. The van der Waals surface area contributed by atoms with Crippen molar-refractivity contribution < 1.29 is 32.4 Å². The number of fused-ring (bicyclic) bond motifs is 1. The van der Waals surface area contributed by atoms with Gasteiger partial charge >= 0.3 is 0 Å². The number of nitrogens with zero attached hydrogens (tertiary/aromatic N) is 1. The number of aromatic amines is 1. The molecule has 8 nitrogen and oxygen atoms in total. The predicted octanol–water partition coefficient (Wildman–Crippen LogP) is 3.94. The van der Waals surface area contributed by atoms with Crippen LogP contribution in [-0.2, 0) is 16.6 Å². The van der Waals surface area contributed by atoms with E-state index < -0.39 is 40.3 Å². The summed E-state index contributed by atoms with van der Waals surface area (Å²) in [5, 5.41) is 2.06. The van der Waals surface area contributed by atoms with E-state index in [0.717, 1.165) is 18.2 Å². The summed E-state index contributed by atoms with van der Waals surface area (Å²) in [6, 6.07) is 6.90. The maximum Gasteiger partial charge on any atom is 0.293 e. The van der Waals surface area contributed by atoms with Gasteiger partial charge in [0.25, 0.3) is 11.5 Å². The zero-order valence-electron chi connectivity index (χ0n) is 20.3. The van der Waals surface area contributed by atoms with E-state index in [0.29, 0.717) is 17.1 Å². The number of amides is 1. The highest BCUT2D eigenvalue weighted by atomic mass is 19.1. The highest BCUT2D eigenvalue weighted by molar-refractivity contribution is 5.97. The van der Waals surface area contributed by atoms with Gasteiger partial charge in [0.05, 0.1) is 19.7 Å². The van der Waals surface area contributed by atoms with Crippen molar-refractivity contribution in [1.29, 1.82) is 0 Å². The Labute approximate surface area is 205 Å². The summed E-state index contributed by atoms with van der Waals surface area (Å²) >= 11 is 0. The van der Waals surface area contributed by atoms with Crippen LogP contribution in [0.15, 0.2) is 45.7 Å². The molecule has 0 bridgehead atoms. The van der Waals surface area contributed by atoms with Crippen molar-refractivity contribution in [2.75, 3.05) is 20.3 Å². The molecule has 4 rings (SSSR count). The number of Topliss-reactive ketones (excluding diaryl/α,β-unsaturated/α-hetero) is 1. The maximum absolute atomic E-state index is 14.8. The Bertz CT molecular complexity index is 1350. The van der Waals surface area contributed by atoms with Gasteiger partial charge in [0.1, 0.15) is 35.8 Å². The van der Waals surface area contributed by atoms with Crippen LogP contribution in [0.5, 0.6) is 11.5 Å². The summed E-state index contributed by atoms with van der Waals surface area (Å²) < 4.78 is 45.6. The fraction of sp³-hybridized carbons (Fsp3) is 0.346. The molecule has 1 aliphatic rings. The average Bonchev–Trinajstić information content (AvgIpc) is 3.13. The van der Waals surface area contributed by atoms with E-state index in [1.165, 1.54) is 12.0 Å². The van der Waals surface area contributed by atoms with E-state index in [9.17, 15) is 23.2 Å². The molecular formula is C26H26F2N2O6. The molecule has 0 aliphatic carbocycles. The summed E-state index contributed by atoms with van der Waals surface area (Å²) in [4.78, 5) is 39.7. The molecule has 0 fully saturated rings. The molecule has 1 aliphatic heterocycles. The number of ether oxygens (including phenoxy) is 2. The molecule has 1 atom stereocenters. The van der Waals surface area contributed by atoms with Crippen LogP contribution in [0.2, 0.25) is 0 Å². The number of nitrogens with one attached hydrogen (secondary N) is 1. The van der Waals surface area contributed by atoms with Gasteiger partial charge in [-0.1, -0.05) is 20.8 Å². The number of hydrogen-bond acceptors (Lipinski definition) is 6. The lowest BCUT2D eigenvalue weighted by atomic mass is 9.85. The number of carbonyl (C=O) groups is 2. The molecule has 190 valence electrons. The topological polar surface area (TPSA) is 102 Å². The second-order valence-electron chi connectivity index (χ2n) is 9.56. The lowest BCUT2D eigenvalue weighted by Crippen LogP contribution is -2.40. The molecule has 36 heavy (non-hydrogen) atoms. The van der Waals surface area contributed by atoms with E-state index in [1.807, 2.05) is 0 Å². The Morgan fingerprint density at radius 1 is 1.14 bits per heavy atom. The third-order valence-corrected chi connectivity index (χ3v) is 5.95. The van der Waals surface area contributed by atoms with Crippen LogP contribution in [0, 0.1) is 11.6 Å². The number of halogens is 2. The molecule has 1 N–H and O–H groups in total. The molecular weight excluding hydrogens is 474 g/mol. The van der Waals surface area contributed by atoms with Gasteiger partial charge in [-0.25, -0.2) is 8.78 Å². The quantitative estimate of drug-likeness (QED) is 0.570. The summed E-state index contributed by atoms with van der Waals surface area (Å²) in [5.41, 5.74) is -0.946. The Balaban J connectivity index is 1.75. The van der Waals surface area contributed by atoms with Crippen molar-refractivity contribution in [3.8, 4) is 11.5 Å². The normalized spacial score (nSPS) is 15.6. The number of hydrogen-bond donors (Lipinski definition) is 1. The van der Waals surface area contributed by atoms with E-state index in [1.54, 1.807) is 39.0 Å². The fourth-order valence-corrected chi connectivity index (χ4v) is 4.38. The van der Waals surface area contributed by atoms with E-state index in [-0.39, 0.29) is 36.5 Å². The lowest BCUT2D eigenvalue weighted by molar-refractivity contribution is -0.123. The zero-order valence-corrected chi connectivity index (χ0v) is 20.3. The van der Waals surface area contributed by atoms with Crippen molar-refractivity contribution in [1.82, 2.24) is 10.1 Å². The largest absolute Gasteiger partial charge is 0.497 e. The second-order valence-corrected chi connectivity index (χ2v) is 9.56. The van der Waals surface area contributed by atoms with Crippen molar-refractivity contribution >= 4 is 11.7 Å². The molecule has 0 radical (unpaired) electrons. The van der Waals surface area contributed by atoms with Crippen LogP contribution in [0.1, 0.15) is 54.1 Å². The van der Waals surface area contributed by atoms with Gasteiger partial charge in [0, 0.05) is 23.6 Å². The first kappa shape index (κ1) is 25.2. The molecule has 1 amide bonds. The number of H-pyrrole nitrogens is 1. The maximum atomic E-state index is 14.8. The van der Waals surface area contributed by atoms with Gasteiger partial charge < -0.3 is 18.9 Å². The SMILES string of the molecule is COc1ccc2c(c1)OCCN(C(=O)c1cc(=O)[nH]o1)[C@H]2C(=O)Cc1cc(F)c(C(C)(C)C)c(F)c1. The first-order valence-corrected chi connectivity index (χ1v) is 11.3. The molecule has 0 saturated heterocycles. The van der Waals surface area contributed by atoms with Crippen LogP contribution in [0.3, 0.4) is 0 Å². The van der Waals surface area contributed by atoms with Crippen LogP contribution in [0.25, 0.3) is 0 Å². The Hall–Kier alpha value is -3.95. The summed E-state index contributed by atoms with van der Waals surface area (Å²) in [6.07, 6.45) is -0.352. The molecule has 0 unspecified atom stereocenters. The number of carbonyl (C=O) groups excluding carboxylic acids is 2. The standard InChI is InChI=1S/C26H26F2N2O6/c1-26(2,3)23-17(27)9-14(10-18(23)28)11-19(31)24-16-6-5-15(34-4)12-20(16)35-8-7-30(24)25(33)21-13-22(32)29-36-21/h5-6,9-10,12-13,24H,7-8,11H2,1-4H3,(H,29,32)/t24-/m1/s1. The summed E-state index contributed by atoms with van der Waals surface area (Å²) in [6.45, 7) is 5.12. The van der Waals surface area contributed by atoms with E-state index >= 15 is 0 Å². The van der Waals surface area contributed by atoms with Gasteiger partial charge in [-0.3, -0.25) is 14.4 Å². The van der Waals surface area contributed by atoms with E-state index in [4.69, 9.17) is 14.0 Å². The highest BCUT2D eigenvalue weighted by Crippen LogP contribution is 2.37. The van der Waals surface area contributed by atoms with Crippen LogP contribution in [-0.4, -0.2) is 42.0 Å². The van der Waals surface area contributed by atoms with Gasteiger partial charge in [-0.05, 0) is 35.2 Å². The Morgan fingerprint density at radius 3 is 2.42 bits per heavy atom. The van der Waals surface area contributed by atoms with Crippen molar-refractivity contribution in [3.63, 3.8) is 0 Å². The third kappa shape index (κ3) is 4.89. The van der Waals surface area contributed by atoms with Crippen LogP contribution in [0.4, 0.5) is 8.78 Å². The summed E-state index contributed by atoms with van der Waals surface area (Å²) in [7, 11) is 1.48. The minimum Gasteiger partial charge on any atom is -0.497 e. The molecule has 0 saturated carbocycles. The molecule has 10 heteroatoms. The smallest absolute Gasteiger partial charge is 0.293 e. The zero-order chi connectivity index (χ0) is 26.2.